The lowest BCUT2D eigenvalue weighted by molar-refractivity contribution is 0.0491. The number of ether oxygens (including phenoxy) is 2. The van der Waals surface area contributed by atoms with Crippen molar-refractivity contribution < 1.29 is 19.4 Å². The lowest BCUT2D eigenvalue weighted by Gasteiger charge is -2.40. The number of nitrogens with zero attached hydrogens (tertiary/aromatic N) is 6. The molecular weight excluding hydrogens is 674 g/mol. The van der Waals surface area contributed by atoms with E-state index in [9.17, 15) is 14.7 Å². The Morgan fingerprint density at radius 3 is 2.38 bits per heavy atom. The molecule has 0 aliphatic carbocycles. The first kappa shape index (κ1) is 36.4. The van der Waals surface area contributed by atoms with Gasteiger partial charge in [-0.1, -0.05) is 37.3 Å². The number of amides is 1. The molecule has 2 saturated heterocycles. The van der Waals surface area contributed by atoms with Crippen molar-refractivity contribution in [3.05, 3.63) is 39.9 Å². The highest BCUT2D eigenvalue weighted by Crippen LogP contribution is 2.41. The number of carbonyl (C=O) groups is 1. The summed E-state index contributed by atoms with van der Waals surface area (Å²) >= 11 is 7.10. The first-order chi connectivity index (χ1) is 23.3. The highest BCUT2D eigenvalue weighted by molar-refractivity contribution is 6.76. The summed E-state index contributed by atoms with van der Waals surface area (Å²) in [5, 5.41) is 19.8. The van der Waals surface area contributed by atoms with Crippen LogP contribution < -0.4 is 15.8 Å². The van der Waals surface area contributed by atoms with E-state index in [0.29, 0.717) is 51.8 Å². The van der Waals surface area contributed by atoms with Crippen molar-refractivity contribution in [2.24, 2.45) is 7.05 Å². The average molecular weight is 726 g/mol. The lowest BCUT2D eigenvalue weighted by atomic mass is 9.98. The molecule has 0 unspecified atom stereocenters. The van der Waals surface area contributed by atoms with Crippen LogP contribution in [0.4, 0.5) is 10.7 Å². The summed E-state index contributed by atoms with van der Waals surface area (Å²) in [6.45, 7) is 17.2. The minimum absolute atomic E-state index is 0.0144. The van der Waals surface area contributed by atoms with Gasteiger partial charge in [0.05, 0.1) is 28.1 Å². The second kappa shape index (κ2) is 13.3. The Hall–Kier alpha value is -3.39. The predicted molar refractivity (Wildman–Crippen MR) is 201 cm³/mol. The highest BCUT2D eigenvalue weighted by Gasteiger charge is 2.43. The van der Waals surface area contributed by atoms with Gasteiger partial charge >= 0.3 is 6.09 Å². The van der Waals surface area contributed by atoms with Crippen LogP contribution in [0, 0.1) is 0 Å². The fourth-order valence-electron chi connectivity index (χ4n) is 7.27. The van der Waals surface area contributed by atoms with E-state index >= 15 is 0 Å². The molecule has 0 radical (unpaired) electrons. The van der Waals surface area contributed by atoms with E-state index in [2.05, 4.69) is 35.0 Å². The summed E-state index contributed by atoms with van der Waals surface area (Å²) in [5.41, 5.74) is 0.959. The summed E-state index contributed by atoms with van der Waals surface area (Å²) in [5.74, 6) is 0.619. The number of halogens is 1. The summed E-state index contributed by atoms with van der Waals surface area (Å²) in [6.07, 6.45) is 6.75. The van der Waals surface area contributed by atoms with Crippen LogP contribution in [0.3, 0.4) is 0 Å². The largest absolute Gasteiger partial charge is 0.444 e. The zero-order valence-electron chi connectivity index (χ0n) is 30.8. The molecule has 0 spiro atoms. The molecule has 14 heteroatoms. The summed E-state index contributed by atoms with van der Waals surface area (Å²) in [6, 6.07) is 5.04. The van der Waals surface area contributed by atoms with Gasteiger partial charge in [0, 0.05) is 68.8 Å². The second-order valence-corrected chi connectivity index (χ2v) is 22.9. The van der Waals surface area contributed by atoms with Gasteiger partial charge in [0.25, 0.3) is 5.56 Å². The topological polar surface area (TPSA) is 129 Å². The molecule has 2 aliphatic rings. The minimum atomic E-state index is -1.31. The van der Waals surface area contributed by atoms with Gasteiger partial charge in [0.1, 0.15) is 12.3 Å². The molecule has 1 amide bonds. The van der Waals surface area contributed by atoms with Gasteiger partial charge in [-0.2, -0.15) is 10.1 Å². The zero-order chi connectivity index (χ0) is 36.3. The van der Waals surface area contributed by atoms with E-state index < -0.39 is 25.4 Å². The van der Waals surface area contributed by atoms with Crippen LogP contribution in [0.5, 0.6) is 0 Å². The summed E-state index contributed by atoms with van der Waals surface area (Å²) in [7, 11) is 0.471. The monoisotopic (exact) mass is 725 g/mol. The number of alkyl carbamates (subject to hydrolysis) is 1. The molecule has 50 heavy (non-hydrogen) atoms. The van der Waals surface area contributed by atoms with Gasteiger partial charge < -0.3 is 29.4 Å². The smallest absolute Gasteiger partial charge is 0.407 e. The quantitative estimate of drug-likeness (QED) is 0.140. The number of rotatable bonds is 10. The van der Waals surface area contributed by atoms with Gasteiger partial charge in [0.15, 0.2) is 5.65 Å². The van der Waals surface area contributed by atoms with E-state index in [-0.39, 0.29) is 30.4 Å². The molecule has 2 aliphatic heterocycles. The number of benzene rings is 1. The maximum atomic E-state index is 14.5. The number of aliphatic hydroxyl groups is 1. The maximum absolute atomic E-state index is 14.5. The Kier molecular flexibility index (Phi) is 9.68. The summed E-state index contributed by atoms with van der Waals surface area (Å²) in [4.78, 5) is 34.6. The number of anilines is 1. The number of hydrogen-bond donors (Lipinski definition) is 2. The molecule has 0 saturated carbocycles. The molecule has 272 valence electrons. The van der Waals surface area contributed by atoms with Crippen LogP contribution in [0.25, 0.3) is 33.1 Å². The lowest BCUT2D eigenvalue weighted by Crippen LogP contribution is -2.52. The van der Waals surface area contributed by atoms with E-state index in [1.54, 1.807) is 30.1 Å². The van der Waals surface area contributed by atoms with Crippen LogP contribution in [0.2, 0.25) is 30.7 Å². The van der Waals surface area contributed by atoms with E-state index in [4.69, 9.17) is 26.1 Å². The average Bonchev–Trinajstić information content (AvgIpc) is 3.62. The molecule has 1 aromatic carbocycles. The van der Waals surface area contributed by atoms with E-state index in [0.717, 1.165) is 37.1 Å². The Morgan fingerprint density at radius 1 is 1.08 bits per heavy atom. The maximum Gasteiger partial charge on any atom is 0.407 e. The molecule has 6 rings (SSSR count). The van der Waals surface area contributed by atoms with Gasteiger partial charge in [-0.3, -0.25) is 14.0 Å². The van der Waals surface area contributed by atoms with Crippen LogP contribution in [0.15, 0.2) is 29.3 Å². The Morgan fingerprint density at radius 2 is 1.76 bits per heavy atom. The number of nitrogens with one attached hydrogen (secondary N) is 1. The zero-order valence-corrected chi connectivity index (χ0v) is 32.6. The Bertz CT molecular complexity index is 1950. The molecular formula is C36H52ClN7O5Si. The van der Waals surface area contributed by atoms with Gasteiger partial charge in [-0.15, -0.1) is 0 Å². The van der Waals surface area contributed by atoms with Crippen LogP contribution in [0.1, 0.15) is 60.3 Å². The Labute approximate surface area is 299 Å². The summed E-state index contributed by atoms with van der Waals surface area (Å²) < 4.78 is 17.0. The van der Waals surface area contributed by atoms with Crippen molar-refractivity contribution in [3.63, 3.8) is 0 Å². The fraction of sp³-hybridized carbons (Fsp3) is 0.611. The molecule has 2 N–H and O–H groups in total. The number of hydrogen-bond acceptors (Lipinski definition) is 8. The molecule has 12 nitrogen and oxygen atoms in total. The van der Waals surface area contributed by atoms with Gasteiger partial charge in [0.2, 0.25) is 5.95 Å². The van der Waals surface area contributed by atoms with Crippen molar-refractivity contribution in [2.75, 3.05) is 11.5 Å². The molecule has 5 heterocycles. The predicted octanol–water partition coefficient (Wildman–Crippen LogP) is 6.51. The van der Waals surface area contributed by atoms with Crippen molar-refractivity contribution in [1.29, 1.82) is 0 Å². The van der Waals surface area contributed by atoms with E-state index in [1.807, 2.05) is 49.9 Å². The van der Waals surface area contributed by atoms with Crippen LogP contribution in [-0.4, -0.2) is 79.1 Å². The third-order valence-corrected chi connectivity index (χ3v) is 11.6. The van der Waals surface area contributed by atoms with Gasteiger partial charge in [-0.25, -0.2) is 4.79 Å². The first-order valence-electron chi connectivity index (χ1n) is 17.6. The number of fused-ring (bicyclic) bond motifs is 4. The molecule has 3 aromatic heterocycles. The fourth-order valence-corrected chi connectivity index (χ4v) is 8.34. The van der Waals surface area contributed by atoms with Crippen LogP contribution >= 0.6 is 11.6 Å². The molecule has 2 fully saturated rings. The molecule has 3 atom stereocenters. The highest BCUT2D eigenvalue weighted by atomic mass is 35.5. The SMILES string of the molecule is Cn1c(N2[C@@H]3CC[C@H]2C[C@@H](NC(=O)OC(C)(C)C)C3)nc2c(c(-c3ccc4nn(CC(C)(C)O)cc4c3Cl)cn2COCC[Si](C)(C)C)c1=O. The number of piperidine rings is 1. The Balaban J connectivity index is 1.38. The van der Waals surface area contributed by atoms with Gasteiger partial charge in [-0.05, 0) is 72.4 Å². The van der Waals surface area contributed by atoms with Crippen molar-refractivity contribution in [3.8, 4) is 11.1 Å². The standard InChI is InChI=1S/C36H52ClN7O5Si/c1-35(2,3)49-34(46)38-22-16-23-10-11-24(17-22)44(23)33-39-31-29(32(45)41(33)6)26(18-42(31)21-48-14-15-50(7,8)9)25-12-13-28-27(30(25)37)19-43(40-28)20-36(4,5)47/h12-13,18-19,22-24,47H,10-11,14-17,20-21H2,1-9H3,(H,38,46)/t22-,23+,24-. The number of carbonyl (C=O) groups excluding carboxylic acids is 1. The van der Waals surface area contributed by atoms with Crippen LogP contribution in [-0.2, 0) is 29.8 Å². The number of aromatic nitrogens is 5. The van der Waals surface area contributed by atoms with Crippen molar-refractivity contribution >= 4 is 53.7 Å². The first-order valence-corrected chi connectivity index (χ1v) is 21.7. The normalized spacial score (nSPS) is 19.9. The third-order valence-electron chi connectivity index (χ3n) is 9.50. The van der Waals surface area contributed by atoms with E-state index in [1.165, 1.54) is 0 Å². The molecule has 4 aromatic rings. The molecule has 2 bridgehead atoms. The van der Waals surface area contributed by atoms with Crippen molar-refractivity contribution in [1.82, 2.24) is 29.2 Å². The third kappa shape index (κ3) is 7.75. The second-order valence-electron chi connectivity index (χ2n) is 16.9. The minimum Gasteiger partial charge on any atom is -0.444 e. The van der Waals surface area contributed by atoms with Crippen molar-refractivity contribution in [2.45, 2.75) is 129 Å².